The highest BCUT2D eigenvalue weighted by Crippen LogP contribution is 2.40. The average molecular weight is 139 g/mol. The van der Waals surface area contributed by atoms with Crippen molar-refractivity contribution in [1.29, 1.82) is 0 Å². The summed E-state index contributed by atoms with van der Waals surface area (Å²) in [6, 6.07) is -0.269. The van der Waals surface area contributed by atoms with E-state index in [0.29, 0.717) is 5.92 Å². The minimum Gasteiger partial charge on any atom is -0.264 e. The van der Waals surface area contributed by atoms with Gasteiger partial charge in [0.05, 0.1) is 0 Å². The number of fused-ring (bicyclic) bond motifs is 2. The van der Waals surface area contributed by atoms with E-state index in [1.54, 1.807) is 0 Å². The Morgan fingerprint density at radius 2 is 2.20 bits per heavy atom. The molecule has 2 bridgehead atoms. The van der Waals surface area contributed by atoms with Crippen molar-refractivity contribution in [2.24, 2.45) is 11.8 Å². The maximum atomic E-state index is 10.4. The Kier molecular flexibility index (Phi) is 1.07. The molecule has 3 heteroatoms. The smallest absolute Gasteiger partial charge is 0.219 e. The van der Waals surface area contributed by atoms with Crippen LogP contribution in [0.25, 0.3) is 0 Å². The molecule has 2 aliphatic carbocycles. The Hall–Kier alpha value is -0.860. The first kappa shape index (κ1) is 5.89. The SMILES string of the molecule is O=[N+]([O-])[C@@H]1C[C@@H]2C=C[C@@H]1C2. The molecule has 2 aliphatic rings. The second kappa shape index (κ2) is 1.81. The van der Waals surface area contributed by atoms with Crippen LogP contribution in [0.5, 0.6) is 0 Å². The molecule has 3 atom stereocenters. The Labute approximate surface area is 58.9 Å². The van der Waals surface area contributed by atoms with E-state index in [2.05, 4.69) is 6.08 Å². The molecule has 0 saturated heterocycles. The standard InChI is InChI=1S/C7H9NO2/c9-8(10)7-4-5-1-2-6(7)3-5/h1-2,5-7H,3-4H2/t5-,6-,7-/m1/s1. The first-order valence-corrected chi connectivity index (χ1v) is 3.59. The summed E-state index contributed by atoms with van der Waals surface area (Å²) in [7, 11) is 0. The third-order valence-electron chi connectivity index (χ3n) is 2.51. The number of nitrogens with zero attached hydrogens (tertiary/aromatic N) is 1. The number of hydrogen-bond acceptors (Lipinski definition) is 2. The van der Waals surface area contributed by atoms with E-state index in [0.717, 1.165) is 12.8 Å². The molecule has 0 N–H and O–H groups in total. The third kappa shape index (κ3) is 0.664. The largest absolute Gasteiger partial charge is 0.264 e. The minimum absolute atomic E-state index is 0.131. The second-order valence-electron chi connectivity index (χ2n) is 3.13. The van der Waals surface area contributed by atoms with Crippen molar-refractivity contribution in [3.8, 4) is 0 Å². The lowest BCUT2D eigenvalue weighted by molar-refractivity contribution is -0.527. The van der Waals surface area contributed by atoms with Gasteiger partial charge in [-0.15, -0.1) is 0 Å². The monoisotopic (exact) mass is 139 g/mol. The summed E-state index contributed by atoms with van der Waals surface area (Å²) in [5.74, 6) is 0.764. The first-order valence-electron chi connectivity index (χ1n) is 3.59. The van der Waals surface area contributed by atoms with E-state index in [1.807, 2.05) is 6.08 Å². The topological polar surface area (TPSA) is 43.1 Å². The molecule has 10 heavy (non-hydrogen) atoms. The van der Waals surface area contributed by atoms with Crippen LogP contribution < -0.4 is 0 Å². The van der Waals surface area contributed by atoms with E-state index in [-0.39, 0.29) is 16.9 Å². The van der Waals surface area contributed by atoms with Crippen molar-refractivity contribution in [2.75, 3.05) is 0 Å². The molecular formula is C7H9NO2. The van der Waals surface area contributed by atoms with E-state index < -0.39 is 0 Å². The molecule has 0 radical (unpaired) electrons. The first-order chi connectivity index (χ1) is 4.77. The molecule has 0 amide bonds. The lowest BCUT2D eigenvalue weighted by Gasteiger charge is -2.08. The van der Waals surface area contributed by atoms with Gasteiger partial charge >= 0.3 is 0 Å². The molecule has 0 aromatic heterocycles. The van der Waals surface area contributed by atoms with Gasteiger partial charge in [-0.05, 0) is 12.3 Å². The molecule has 2 rings (SSSR count). The molecule has 0 aliphatic heterocycles. The van der Waals surface area contributed by atoms with Crippen molar-refractivity contribution in [3.63, 3.8) is 0 Å². The lowest BCUT2D eigenvalue weighted by Crippen LogP contribution is -2.23. The average Bonchev–Trinajstić information content (AvgIpc) is 2.44. The molecule has 3 nitrogen and oxygen atoms in total. The van der Waals surface area contributed by atoms with Gasteiger partial charge in [0.25, 0.3) is 0 Å². The summed E-state index contributed by atoms with van der Waals surface area (Å²) >= 11 is 0. The number of allylic oxidation sites excluding steroid dienone is 1. The van der Waals surface area contributed by atoms with Gasteiger partial charge in [-0.3, -0.25) is 10.1 Å². The fourth-order valence-electron chi connectivity index (χ4n) is 1.99. The summed E-state index contributed by atoms with van der Waals surface area (Å²) in [5, 5.41) is 10.4. The van der Waals surface area contributed by atoms with E-state index in [9.17, 15) is 10.1 Å². The Bertz CT molecular complexity index is 200. The molecule has 0 spiro atoms. The maximum Gasteiger partial charge on any atom is 0.219 e. The van der Waals surface area contributed by atoms with Gasteiger partial charge in [-0.2, -0.15) is 0 Å². The Balaban J connectivity index is 2.16. The fraction of sp³-hybridized carbons (Fsp3) is 0.714. The molecule has 1 fully saturated rings. The van der Waals surface area contributed by atoms with E-state index in [1.165, 1.54) is 0 Å². The minimum atomic E-state index is -0.269. The molecular weight excluding hydrogens is 130 g/mol. The van der Waals surface area contributed by atoms with E-state index in [4.69, 9.17) is 0 Å². The van der Waals surface area contributed by atoms with Gasteiger partial charge in [0.2, 0.25) is 6.04 Å². The van der Waals surface area contributed by atoms with Crippen LogP contribution in [0.1, 0.15) is 12.8 Å². The molecule has 0 aromatic carbocycles. The van der Waals surface area contributed by atoms with Gasteiger partial charge in [0.15, 0.2) is 0 Å². The van der Waals surface area contributed by atoms with Crippen molar-refractivity contribution in [2.45, 2.75) is 18.9 Å². The number of hydrogen-bond donors (Lipinski definition) is 0. The van der Waals surface area contributed by atoms with Crippen molar-refractivity contribution in [3.05, 3.63) is 22.3 Å². The predicted octanol–water partition coefficient (Wildman–Crippen LogP) is 1.23. The fourth-order valence-corrected chi connectivity index (χ4v) is 1.99. The third-order valence-corrected chi connectivity index (χ3v) is 2.51. The zero-order valence-corrected chi connectivity index (χ0v) is 5.56. The zero-order valence-electron chi connectivity index (χ0n) is 5.56. The molecule has 54 valence electrons. The van der Waals surface area contributed by atoms with Crippen LogP contribution >= 0.6 is 0 Å². The van der Waals surface area contributed by atoms with Crippen LogP contribution in [0.15, 0.2) is 12.2 Å². The van der Waals surface area contributed by atoms with Crippen LogP contribution in [0.2, 0.25) is 0 Å². The molecule has 0 unspecified atom stereocenters. The molecule has 1 saturated carbocycles. The van der Waals surface area contributed by atoms with Crippen LogP contribution in [-0.2, 0) is 0 Å². The van der Waals surface area contributed by atoms with Gasteiger partial charge in [0, 0.05) is 17.3 Å². The predicted molar refractivity (Wildman–Crippen MR) is 36.1 cm³/mol. The highest BCUT2D eigenvalue weighted by Gasteiger charge is 2.42. The van der Waals surface area contributed by atoms with Crippen molar-refractivity contribution < 1.29 is 4.92 Å². The lowest BCUT2D eigenvalue weighted by atomic mass is 10.0. The van der Waals surface area contributed by atoms with Crippen molar-refractivity contribution >= 4 is 0 Å². The molecule has 0 heterocycles. The zero-order chi connectivity index (χ0) is 7.14. The summed E-state index contributed by atoms with van der Waals surface area (Å²) in [6.07, 6.45) is 5.91. The second-order valence-corrected chi connectivity index (χ2v) is 3.13. The van der Waals surface area contributed by atoms with Gasteiger partial charge in [0.1, 0.15) is 0 Å². The summed E-state index contributed by atoms with van der Waals surface area (Å²) in [6.45, 7) is 0. The number of nitro groups is 1. The van der Waals surface area contributed by atoms with Gasteiger partial charge < -0.3 is 0 Å². The Morgan fingerprint density at radius 1 is 1.40 bits per heavy atom. The van der Waals surface area contributed by atoms with Crippen LogP contribution in [0.3, 0.4) is 0 Å². The molecule has 0 aromatic rings. The summed E-state index contributed by atoms with van der Waals surface area (Å²) < 4.78 is 0. The van der Waals surface area contributed by atoms with E-state index >= 15 is 0 Å². The number of rotatable bonds is 1. The van der Waals surface area contributed by atoms with Crippen LogP contribution in [0, 0.1) is 22.0 Å². The highest BCUT2D eigenvalue weighted by molar-refractivity contribution is 5.10. The van der Waals surface area contributed by atoms with Crippen molar-refractivity contribution in [1.82, 2.24) is 0 Å². The Morgan fingerprint density at radius 3 is 2.50 bits per heavy atom. The normalized spacial score (nSPS) is 42.6. The van der Waals surface area contributed by atoms with Crippen LogP contribution in [-0.4, -0.2) is 11.0 Å². The van der Waals surface area contributed by atoms with Gasteiger partial charge in [-0.25, -0.2) is 0 Å². The summed E-state index contributed by atoms with van der Waals surface area (Å²) in [4.78, 5) is 10.2. The highest BCUT2D eigenvalue weighted by atomic mass is 16.6. The quantitative estimate of drug-likeness (QED) is 0.311. The van der Waals surface area contributed by atoms with Crippen LogP contribution in [0.4, 0.5) is 0 Å². The summed E-state index contributed by atoms with van der Waals surface area (Å²) in [5.41, 5.74) is 0. The van der Waals surface area contributed by atoms with Gasteiger partial charge in [-0.1, -0.05) is 12.2 Å². The maximum absolute atomic E-state index is 10.4.